The Hall–Kier alpha value is -2.16. The van der Waals surface area contributed by atoms with Crippen LogP contribution in [0.25, 0.3) is 0 Å². The van der Waals surface area contributed by atoms with Gasteiger partial charge in [-0.1, -0.05) is 27.7 Å². The van der Waals surface area contributed by atoms with Crippen LogP contribution in [0.15, 0.2) is 0 Å². The Morgan fingerprint density at radius 2 is 1.50 bits per heavy atom. The second-order valence-corrected chi connectivity index (χ2v) is 6.40. The zero-order chi connectivity index (χ0) is 19.0. The number of rotatable bonds is 10. The van der Waals surface area contributed by atoms with Gasteiger partial charge >= 0.3 is 5.97 Å². The van der Waals surface area contributed by atoms with Crippen LogP contribution in [0, 0.1) is 11.8 Å². The molecule has 24 heavy (non-hydrogen) atoms. The van der Waals surface area contributed by atoms with E-state index < -0.39 is 41.8 Å². The first-order valence-corrected chi connectivity index (χ1v) is 7.84. The van der Waals surface area contributed by atoms with Gasteiger partial charge in [0.05, 0.1) is 6.04 Å². The van der Waals surface area contributed by atoms with Gasteiger partial charge in [0.25, 0.3) is 0 Å². The minimum atomic E-state index is -1.18. The van der Waals surface area contributed by atoms with E-state index in [-0.39, 0.29) is 24.7 Å². The number of nitrogens with one attached hydrogen (secondary N) is 2. The van der Waals surface area contributed by atoms with Gasteiger partial charge in [-0.25, -0.2) is 4.79 Å². The first kappa shape index (κ1) is 21.8. The Bertz CT molecular complexity index is 478. The van der Waals surface area contributed by atoms with Crippen LogP contribution in [0.1, 0.15) is 40.5 Å². The quantitative estimate of drug-likeness (QED) is 0.339. The van der Waals surface area contributed by atoms with Crippen molar-refractivity contribution in [3.05, 3.63) is 0 Å². The maximum absolute atomic E-state index is 12.3. The topological polar surface area (TPSA) is 165 Å². The minimum Gasteiger partial charge on any atom is -0.480 e. The molecule has 3 amide bonds. The molecule has 9 nitrogen and oxygen atoms in total. The number of primary amides is 1. The number of nitrogens with two attached hydrogens (primary N) is 2. The second-order valence-electron chi connectivity index (χ2n) is 6.40. The van der Waals surface area contributed by atoms with Crippen molar-refractivity contribution >= 4 is 23.7 Å². The first-order chi connectivity index (χ1) is 11.0. The summed E-state index contributed by atoms with van der Waals surface area (Å²) >= 11 is 0. The molecule has 0 aromatic carbocycles. The summed E-state index contributed by atoms with van der Waals surface area (Å²) in [7, 11) is 0. The fourth-order valence-electron chi connectivity index (χ4n) is 1.89. The number of hydrogen-bond donors (Lipinski definition) is 5. The second kappa shape index (κ2) is 9.86. The fraction of sp³-hybridized carbons (Fsp3) is 0.733. The van der Waals surface area contributed by atoms with E-state index in [1.807, 2.05) is 0 Å². The molecule has 0 aromatic heterocycles. The molecule has 0 aliphatic carbocycles. The maximum atomic E-state index is 12.3. The summed E-state index contributed by atoms with van der Waals surface area (Å²) in [5.41, 5.74) is 10.8. The van der Waals surface area contributed by atoms with Crippen molar-refractivity contribution in [2.75, 3.05) is 0 Å². The summed E-state index contributed by atoms with van der Waals surface area (Å²) in [6.45, 7) is 6.79. The van der Waals surface area contributed by atoms with Gasteiger partial charge in [0, 0.05) is 6.42 Å². The third kappa shape index (κ3) is 7.40. The van der Waals surface area contributed by atoms with Crippen molar-refractivity contribution in [1.82, 2.24) is 10.6 Å². The highest BCUT2D eigenvalue weighted by molar-refractivity contribution is 5.92. The van der Waals surface area contributed by atoms with Crippen LogP contribution < -0.4 is 22.1 Å². The Kier molecular flexibility index (Phi) is 8.97. The summed E-state index contributed by atoms with van der Waals surface area (Å²) in [5, 5.41) is 14.0. The average molecular weight is 344 g/mol. The summed E-state index contributed by atoms with van der Waals surface area (Å²) in [5.74, 6) is -3.55. The molecular weight excluding hydrogens is 316 g/mol. The van der Waals surface area contributed by atoms with Gasteiger partial charge in [0.15, 0.2) is 0 Å². The molecule has 0 spiro atoms. The number of hydrogen-bond acceptors (Lipinski definition) is 5. The molecule has 0 bridgehead atoms. The molecule has 0 radical (unpaired) electrons. The lowest BCUT2D eigenvalue weighted by atomic mass is 10.0. The van der Waals surface area contributed by atoms with E-state index in [2.05, 4.69) is 10.6 Å². The summed E-state index contributed by atoms with van der Waals surface area (Å²) in [4.78, 5) is 46.5. The van der Waals surface area contributed by atoms with Gasteiger partial charge in [-0.2, -0.15) is 0 Å². The largest absolute Gasteiger partial charge is 0.480 e. The molecule has 0 rings (SSSR count). The Morgan fingerprint density at radius 3 is 1.88 bits per heavy atom. The average Bonchev–Trinajstić information content (AvgIpc) is 2.46. The number of amides is 3. The molecule has 0 saturated carbocycles. The number of aliphatic carboxylic acids is 1. The van der Waals surface area contributed by atoms with E-state index >= 15 is 0 Å². The fourth-order valence-corrected chi connectivity index (χ4v) is 1.89. The summed E-state index contributed by atoms with van der Waals surface area (Å²) < 4.78 is 0. The van der Waals surface area contributed by atoms with Crippen molar-refractivity contribution in [1.29, 1.82) is 0 Å². The number of carboxylic acids is 1. The highest BCUT2D eigenvalue weighted by Gasteiger charge is 2.30. The molecule has 3 atom stereocenters. The van der Waals surface area contributed by atoms with Crippen LogP contribution in [0.2, 0.25) is 0 Å². The molecular formula is C15H28N4O5. The van der Waals surface area contributed by atoms with E-state index in [1.54, 1.807) is 27.7 Å². The molecule has 138 valence electrons. The van der Waals surface area contributed by atoms with Crippen LogP contribution in [0.3, 0.4) is 0 Å². The lowest BCUT2D eigenvalue weighted by molar-refractivity contribution is -0.143. The Morgan fingerprint density at radius 1 is 0.958 bits per heavy atom. The predicted octanol–water partition coefficient (Wildman–Crippen LogP) is -1.05. The minimum absolute atomic E-state index is 0.0395. The van der Waals surface area contributed by atoms with Crippen LogP contribution in [0.4, 0.5) is 0 Å². The monoisotopic (exact) mass is 344 g/mol. The Labute approximate surface area is 141 Å². The third-order valence-electron chi connectivity index (χ3n) is 3.56. The SMILES string of the molecule is CC(C)C(N)C(=O)NC(CCC(N)=O)C(=O)NC(C(=O)O)C(C)C. The van der Waals surface area contributed by atoms with Crippen molar-refractivity contribution in [2.24, 2.45) is 23.3 Å². The highest BCUT2D eigenvalue weighted by Crippen LogP contribution is 2.06. The van der Waals surface area contributed by atoms with Crippen molar-refractivity contribution < 1.29 is 24.3 Å². The normalized spacial score (nSPS) is 14.8. The van der Waals surface area contributed by atoms with Crippen LogP contribution >= 0.6 is 0 Å². The molecule has 0 fully saturated rings. The standard InChI is InChI=1S/C15H28N4O5/c1-7(2)11(17)14(22)18-9(5-6-10(16)20)13(21)19-12(8(3)4)15(23)24/h7-9,11-12H,5-6,17H2,1-4H3,(H2,16,20)(H,18,22)(H,19,21)(H,23,24). The van der Waals surface area contributed by atoms with Gasteiger partial charge in [-0.15, -0.1) is 0 Å². The maximum Gasteiger partial charge on any atom is 0.326 e. The molecule has 0 aliphatic rings. The van der Waals surface area contributed by atoms with Gasteiger partial charge in [-0.05, 0) is 18.3 Å². The van der Waals surface area contributed by atoms with E-state index in [0.717, 1.165) is 0 Å². The molecule has 9 heteroatoms. The lowest BCUT2D eigenvalue weighted by Crippen LogP contribution is -2.56. The Balaban J connectivity index is 5.10. The highest BCUT2D eigenvalue weighted by atomic mass is 16.4. The van der Waals surface area contributed by atoms with Crippen molar-refractivity contribution in [2.45, 2.75) is 58.7 Å². The van der Waals surface area contributed by atoms with Gasteiger partial charge in [-0.3, -0.25) is 14.4 Å². The smallest absolute Gasteiger partial charge is 0.326 e. The van der Waals surface area contributed by atoms with Crippen LogP contribution in [-0.2, 0) is 19.2 Å². The van der Waals surface area contributed by atoms with E-state index in [9.17, 15) is 19.2 Å². The zero-order valence-corrected chi connectivity index (χ0v) is 14.5. The number of carbonyl (C=O) groups excluding carboxylic acids is 3. The van der Waals surface area contributed by atoms with E-state index in [4.69, 9.17) is 16.6 Å². The molecule has 0 aromatic rings. The van der Waals surface area contributed by atoms with Crippen molar-refractivity contribution in [3.63, 3.8) is 0 Å². The van der Waals surface area contributed by atoms with Crippen molar-refractivity contribution in [3.8, 4) is 0 Å². The predicted molar refractivity (Wildman–Crippen MR) is 87.6 cm³/mol. The first-order valence-electron chi connectivity index (χ1n) is 7.84. The third-order valence-corrected chi connectivity index (χ3v) is 3.56. The van der Waals surface area contributed by atoms with Crippen LogP contribution in [0.5, 0.6) is 0 Å². The van der Waals surface area contributed by atoms with Gasteiger partial charge in [0.2, 0.25) is 17.7 Å². The molecule has 0 aliphatic heterocycles. The molecule has 0 saturated heterocycles. The number of carboxylic acid groups (broad SMARTS) is 1. The van der Waals surface area contributed by atoms with E-state index in [1.165, 1.54) is 0 Å². The molecule has 3 unspecified atom stereocenters. The number of carbonyl (C=O) groups is 4. The lowest BCUT2D eigenvalue weighted by Gasteiger charge is -2.24. The van der Waals surface area contributed by atoms with Gasteiger partial charge in [0.1, 0.15) is 12.1 Å². The summed E-state index contributed by atoms with van der Waals surface area (Å²) in [6, 6.07) is -3.02. The van der Waals surface area contributed by atoms with Gasteiger partial charge < -0.3 is 27.2 Å². The molecule has 0 heterocycles. The molecule has 7 N–H and O–H groups in total. The zero-order valence-electron chi connectivity index (χ0n) is 14.5. The van der Waals surface area contributed by atoms with Crippen LogP contribution in [-0.4, -0.2) is 46.9 Å². The summed E-state index contributed by atoms with van der Waals surface area (Å²) in [6.07, 6.45) is -0.170. The van der Waals surface area contributed by atoms with E-state index in [0.29, 0.717) is 0 Å².